The van der Waals surface area contributed by atoms with Crippen molar-refractivity contribution in [3.63, 3.8) is 0 Å². The summed E-state index contributed by atoms with van der Waals surface area (Å²) in [5, 5.41) is 14.8. The van der Waals surface area contributed by atoms with E-state index in [-0.39, 0.29) is 6.61 Å². The van der Waals surface area contributed by atoms with Gasteiger partial charge < -0.3 is 9.63 Å². The molecular formula is C13H9BrN2O2. The number of hydrogen-bond acceptors (Lipinski definition) is 4. The lowest BCUT2D eigenvalue weighted by molar-refractivity contribution is 0.264. The summed E-state index contributed by atoms with van der Waals surface area (Å²) in [6.45, 7) is -0.218. The van der Waals surface area contributed by atoms with Crippen LogP contribution in [0.5, 0.6) is 0 Å². The molecule has 0 unspecified atom stereocenters. The normalized spacial score (nSPS) is 11.0. The van der Waals surface area contributed by atoms with Crippen LogP contribution in [0.25, 0.3) is 22.2 Å². The Kier molecular flexibility index (Phi) is 2.85. The highest BCUT2D eigenvalue weighted by molar-refractivity contribution is 9.10. The summed E-state index contributed by atoms with van der Waals surface area (Å²) in [6, 6.07) is 12.0. The van der Waals surface area contributed by atoms with E-state index < -0.39 is 0 Å². The molecule has 0 saturated heterocycles. The molecule has 0 aliphatic carbocycles. The van der Waals surface area contributed by atoms with Crippen molar-refractivity contribution in [1.82, 2.24) is 10.1 Å². The van der Waals surface area contributed by atoms with E-state index in [2.05, 4.69) is 26.1 Å². The molecule has 0 bridgehead atoms. The fourth-order valence-corrected chi connectivity index (χ4v) is 2.16. The average Bonchev–Trinajstić information content (AvgIpc) is 2.87. The van der Waals surface area contributed by atoms with Crippen molar-refractivity contribution in [2.75, 3.05) is 0 Å². The number of rotatable bonds is 2. The summed E-state index contributed by atoms with van der Waals surface area (Å²) in [4.78, 5) is 4.09. The molecule has 0 aliphatic rings. The predicted octanol–water partition coefficient (Wildman–Crippen LogP) is 3.14. The Balaban J connectivity index is 2.10. The molecular weight excluding hydrogens is 296 g/mol. The van der Waals surface area contributed by atoms with Crippen molar-refractivity contribution in [3.05, 3.63) is 46.7 Å². The van der Waals surface area contributed by atoms with Crippen LogP contribution in [0.1, 0.15) is 5.82 Å². The molecule has 0 fully saturated rings. The number of aromatic nitrogens is 2. The van der Waals surface area contributed by atoms with Crippen LogP contribution >= 0.6 is 15.9 Å². The zero-order chi connectivity index (χ0) is 12.5. The Hall–Kier alpha value is -1.72. The molecule has 90 valence electrons. The number of nitrogens with zero attached hydrogens (tertiary/aromatic N) is 2. The van der Waals surface area contributed by atoms with Gasteiger partial charge in [-0.2, -0.15) is 4.98 Å². The Morgan fingerprint density at radius 1 is 1.11 bits per heavy atom. The molecule has 1 N–H and O–H groups in total. The molecule has 0 amide bonds. The van der Waals surface area contributed by atoms with E-state index in [4.69, 9.17) is 9.63 Å². The highest BCUT2D eigenvalue weighted by Gasteiger charge is 2.08. The Labute approximate surface area is 111 Å². The van der Waals surface area contributed by atoms with Crippen molar-refractivity contribution in [1.29, 1.82) is 0 Å². The van der Waals surface area contributed by atoms with Crippen molar-refractivity contribution in [2.45, 2.75) is 6.61 Å². The van der Waals surface area contributed by atoms with Crippen LogP contribution in [0.15, 0.2) is 45.4 Å². The number of hydrogen-bond donors (Lipinski definition) is 1. The van der Waals surface area contributed by atoms with Gasteiger partial charge in [-0.1, -0.05) is 33.2 Å². The van der Waals surface area contributed by atoms with Crippen molar-refractivity contribution in [2.24, 2.45) is 0 Å². The van der Waals surface area contributed by atoms with Crippen molar-refractivity contribution >= 4 is 26.7 Å². The zero-order valence-electron chi connectivity index (χ0n) is 9.30. The third kappa shape index (κ3) is 2.02. The van der Waals surface area contributed by atoms with E-state index in [1.165, 1.54) is 0 Å². The largest absolute Gasteiger partial charge is 0.388 e. The lowest BCUT2D eigenvalue weighted by atomic mass is 10.1. The second-order valence-corrected chi connectivity index (χ2v) is 4.80. The highest BCUT2D eigenvalue weighted by atomic mass is 79.9. The van der Waals surface area contributed by atoms with Gasteiger partial charge in [0.1, 0.15) is 6.61 Å². The molecule has 0 atom stereocenters. The number of aliphatic hydroxyl groups is 1. The van der Waals surface area contributed by atoms with Crippen LogP contribution in [0, 0.1) is 0 Å². The maximum absolute atomic E-state index is 8.91. The number of halogens is 1. The van der Waals surface area contributed by atoms with E-state index in [1.807, 2.05) is 36.4 Å². The molecule has 3 aromatic rings. The van der Waals surface area contributed by atoms with Gasteiger partial charge in [0.25, 0.3) is 5.89 Å². The SMILES string of the molecule is OCc1noc(-c2ccc3cc(Br)ccc3c2)n1. The summed E-state index contributed by atoms with van der Waals surface area (Å²) in [5.74, 6) is 0.713. The van der Waals surface area contributed by atoms with E-state index in [1.54, 1.807) is 0 Å². The van der Waals surface area contributed by atoms with Crippen molar-refractivity contribution in [3.8, 4) is 11.5 Å². The van der Waals surface area contributed by atoms with Gasteiger partial charge in [-0.15, -0.1) is 0 Å². The van der Waals surface area contributed by atoms with E-state index in [9.17, 15) is 0 Å². The first kappa shape index (κ1) is 11.4. The Morgan fingerprint density at radius 3 is 2.67 bits per heavy atom. The molecule has 4 nitrogen and oxygen atoms in total. The average molecular weight is 305 g/mol. The van der Waals surface area contributed by atoms with Gasteiger partial charge in [0.2, 0.25) is 0 Å². The molecule has 3 rings (SSSR count). The second kappa shape index (κ2) is 4.51. The number of benzene rings is 2. The molecule has 0 aliphatic heterocycles. The van der Waals surface area contributed by atoms with Gasteiger partial charge in [0.15, 0.2) is 5.82 Å². The lowest BCUT2D eigenvalue weighted by Gasteiger charge is -2.00. The molecule has 1 heterocycles. The minimum atomic E-state index is -0.218. The third-order valence-corrected chi connectivity index (χ3v) is 3.15. The minimum absolute atomic E-state index is 0.218. The van der Waals surface area contributed by atoms with Gasteiger partial charge in [-0.3, -0.25) is 0 Å². The van der Waals surface area contributed by atoms with E-state index in [0.717, 1.165) is 20.8 Å². The van der Waals surface area contributed by atoms with Crippen LogP contribution in [-0.2, 0) is 6.61 Å². The first-order valence-corrected chi connectivity index (χ1v) is 6.19. The zero-order valence-corrected chi connectivity index (χ0v) is 10.9. The van der Waals surface area contributed by atoms with Gasteiger partial charge in [0, 0.05) is 10.0 Å². The van der Waals surface area contributed by atoms with Gasteiger partial charge in [0.05, 0.1) is 0 Å². The van der Waals surface area contributed by atoms with Gasteiger partial charge >= 0.3 is 0 Å². The quantitative estimate of drug-likeness (QED) is 0.790. The molecule has 18 heavy (non-hydrogen) atoms. The molecule has 5 heteroatoms. The van der Waals surface area contributed by atoms with E-state index >= 15 is 0 Å². The molecule has 0 radical (unpaired) electrons. The standard InChI is InChI=1S/C13H9BrN2O2/c14-11-4-3-8-5-10(2-1-9(8)6-11)13-15-12(7-17)16-18-13/h1-6,17H,7H2. The van der Waals surface area contributed by atoms with Crippen LogP contribution in [-0.4, -0.2) is 15.2 Å². The fraction of sp³-hybridized carbons (Fsp3) is 0.0769. The summed E-state index contributed by atoms with van der Waals surface area (Å²) < 4.78 is 6.13. The molecule has 1 aromatic heterocycles. The van der Waals surface area contributed by atoms with Gasteiger partial charge in [-0.25, -0.2) is 0 Å². The van der Waals surface area contributed by atoms with Crippen LogP contribution in [0.3, 0.4) is 0 Å². The van der Waals surface area contributed by atoms with Crippen LogP contribution in [0.2, 0.25) is 0 Å². The Morgan fingerprint density at radius 2 is 1.89 bits per heavy atom. The number of fused-ring (bicyclic) bond motifs is 1. The predicted molar refractivity (Wildman–Crippen MR) is 70.9 cm³/mol. The summed E-state index contributed by atoms with van der Waals surface area (Å²) in [6.07, 6.45) is 0. The van der Waals surface area contributed by atoms with Crippen LogP contribution in [0.4, 0.5) is 0 Å². The summed E-state index contributed by atoms with van der Waals surface area (Å²) in [5.41, 5.74) is 0.844. The third-order valence-electron chi connectivity index (χ3n) is 2.66. The topological polar surface area (TPSA) is 59.2 Å². The maximum atomic E-state index is 8.91. The monoisotopic (exact) mass is 304 g/mol. The highest BCUT2D eigenvalue weighted by Crippen LogP contribution is 2.25. The molecule has 0 spiro atoms. The first-order valence-electron chi connectivity index (χ1n) is 5.39. The maximum Gasteiger partial charge on any atom is 0.258 e. The van der Waals surface area contributed by atoms with Crippen molar-refractivity contribution < 1.29 is 9.63 Å². The molecule has 0 saturated carbocycles. The van der Waals surface area contributed by atoms with E-state index in [0.29, 0.717) is 11.7 Å². The van der Waals surface area contributed by atoms with Crippen LogP contribution < -0.4 is 0 Å². The summed E-state index contributed by atoms with van der Waals surface area (Å²) in [7, 11) is 0. The summed E-state index contributed by atoms with van der Waals surface area (Å²) >= 11 is 3.44. The second-order valence-electron chi connectivity index (χ2n) is 3.88. The minimum Gasteiger partial charge on any atom is -0.388 e. The Bertz CT molecular complexity index is 709. The molecule has 2 aromatic carbocycles. The fourth-order valence-electron chi connectivity index (χ4n) is 1.79. The van der Waals surface area contributed by atoms with Gasteiger partial charge in [-0.05, 0) is 35.0 Å². The first-order chi connectivity index (χ1) is 8.76. The smallest absolute Gasteiger partial charge is 0.258 e. The number of aliphatic hydroxyl groups excluding tert-OH is 1. The lowest BCUT2D eigenvalue weighted by Crippen LogP contribution is -1.85.